The number of fused-ring (bicyclic) bond motifs is 5. The first-order valence-electron chi connectivity index (χ1n) is 13.9. The fourth-order valence-electron chi connectivity index (χ4n) is 9.59. The normalized spacial score (nSPS) is 49.3. The zero-order valence-corrected chi connectivity index (χ0v) is 21.5. The maximum Gasteiger partial charge on any atom is 0.0648 e. The summed E-state index contributed by atoms with van der Waals surface area (Å²) in [5.74, 6) is 5.44. The first kappa shape index (κ1) is 24.1. The lowest BCUT2D eigenvalue weighted by atomic mass is 9.43. The van der Waals surface area contributed by atoms with Crippen LogP contribution in [0.5, 0.6) is 0 Å². The molecule has 4 aliphatic rings. The van der Waals surface area contributed by atoms with Gasteiger partial charge in [-0.05, 0) is 129 Å². The predicted octanol–water partition coefficient (Wildman–Crippen LogP) is 7.22. The first-order chi connectivity index (χ1) is 14.5. The third-order valence-electron chi connectivity index (χ3n) is 11.9. The Bertz CT molecular complexity index is 630. The van der Waals surface area contributed by atoms with Crippen LogP contribution in [0.3, 0.4) is 0 Å². The number of aliphatic hydroxyl groups is 2. The molecule has 31 heavy (non-hydrogen) atoms. The highest BCUT2D eigenvalue weighted by molar-refractivity contribution is 5.10. The average molecular weight is 433 g/mol. The molecule has 2 N–H and O–H groups in total. The molecule has 4 rings (SSSR count). The van der Waals surface area contributed by atoms with E-state index in [0.29, 0.717) is 16.7 Å². The minimum Gasteiger partial charge on any atom is -0.393 e. The molecule has 0 aromatic rings. The Morgan fingerprint density at radius 2 is 1.55 bits per heavy atom. The predicted molar refractivity (Wildman–Crippen MR) is 130 cm³/mol. The summed E-state index contributed by atoms with van der Waals surface area (Å²) in [5.41, 5.74) is 0.608. The summed E-state index contributed by atoms with van der Waals surface area (Å²) in [7, 11) is 0. The van der Waals surface area contributed by atoms with Crippen LogP contribution in [0.15, 0.2) is 0 Å². The molecule has 180 valence electrons. The minimum atomic E-state index is -0.380. The van der Waals surface area contributed by atoms with E-state index >= 15 is 0 Å². The summed E-state index contributed by atoms with van der Waals surface area (Å²) in [6, 6.07) is 0. The van der Waals surface area contributed by atoms with Gasteiger partial charge in [0.25, 0.3) is 0 Å². The Morgan fingerprint density at radius 1 is 0.839 bits per heavy atom. The molecule has 0 radical (unpaired) electrons. The van der Waals surface area contributed by atoms with Gasteiger partial charge in [0.1, 0.15) is 0 Å². The second kappa shape index (κ2) is 8.61. The zero-order valence-electron chi connectivity index (χ0n) is 21.5. The summed E-state index contributed by atoms with van der Waals surface area (Å²) in [6.07, 6.45) is 14.8. The second-order valence-corrected chi connectivity index (χ2v) is 13.5. The molecule has 0 aromatic carbocycles. The van der Waals surface area contributed by atoms with E-state index in [0.717, 1.165) is 61.2 Å². The SMILES string of the molecule is CC[C@]1(O)CC[C@@]2(C)[C@@H](CC[C@@H]3[C@@H]2CC[C@]2(C)[C@@H]([C@H](C)CC[C@@H](O)C(C)C)CC[C@@H]32)C1. The van der Waals surface area contributed by atoms with Gasteiger partial charge in [-0.2, -0.15) is 0 Å². The fourth-order valence-corrected chi connectivity index (χ4v) is 9.59. The number of hydrogen-bond acceptors (Lipinski definition) is 2. The summed E-state index contributed by atoms with van der Waals surface area (Å²) in [4.78, 5) is 0. The maximum absolute atomic E-state index is 11.0. The van der Waals surface area contributed by atoms with E-state index in [1.165, 1.54) is 51.4 Å². The summed E-state index contributed by atoms with van der Waals surface area (Å²) in [6.45, 7) is 14.2. The lowest BCUT2D eigenvalue weighted by Crippen LogP contribution is -2.56. The van der Waals surface area contributed by atoms with E-state index < -0.39 is 0 Å². The molecule has 0 spiro atoms. The molecule has 4 saturated carbocycles. The van der Waals surface area contributed by atoms with E-state index in [1.807, 2.05) is 0 Å². The molecule has 2 heteroatoms. The molecule has 10 atom stereocenters. The quantitative estimate of drug-likeness (QED) is 0.465. The van der Waals surface area contributed by atoms with Crippen LogP contribution in [0.2, 0.25) is 0 Å². The van der Waals surface area contributed by atoms with Crippen LogP contribution in [0.1, 0.15) is 119 Å². The Morgan fingerprint density at radius 3 is 2.23 bits per heavy atom. The highest BCUT2D eigenvalue weighted by Crippen LogP contribution is 2.69. The van der Waals surface area contributed by atoms with E-state index in [9.17, 15) is 10.2 Å². The van der Waals surface area contributed by atoms with Gasteiger partial charge in [-0.1, -0.05) is 41.5 Å². The topological polar surface area (TPSA) is 40.5 Å². The number of rotatable bonds is 6. The van der Waals surface area contributed by atoms with Crippen molar-refractivity contribution in [3.05, 3.63) is 0 Å². The molecule has 0 bridgehead atoms. The first-order valence-corrected chi connectivity index (χ1v) is 13.9. The van der Waals surface area contributed by atoms with Crippen molar-refractivity contribution in [3.63, 3.8) is 0 Å². The van der Waals surface area contributed by atoms with Gasteiger partial charge < -0.3 is 10.2 Å². The van der Waals surface area contributed by atoms with Gasteiger partial charge in [-0.3, -0.25) is 0 Å². The molecule has 0 aromatic heterocycles. The second-order valence-electron chi connectivity index (χ2n) is 13.5. The van der Waals surface area contributed by atoms with Gasteiger partial charge in [0.05, 0.1) is 11.7 Å². The van der Waals surface area contributed by atoms with Gasteiger partial charge >= 0.3 is 0 Å². The molecule has 4 fully saturated rings. The van der Waals surface area contributed by atoms with Crippen LogP contribution < -0.4 is 0 Å². The summed E-state index contributed by atoms with van der Waals surface area (Å²) < 4.78 is 0. The van der Waals surface area contributed by atoms with E-state index in [2.05, 4.69) is 41.5 Å². The van der Waals surface area contributed by atoms with Gasteiger partial charge in [-0.25, -0.2) is 0 Å². The Labute approximate surface area is 193 Å². The van der Waals surface area contributed by atoms with Gasteiger partial charge in [0.15, 0.2) is 0 Å². The van der Waals surface area contributed by atoms with Crippen LogP contribution in [0.4, 0.5) is 0 Å². The zero-order chi connectivity index (χ0) is 22.6. The third-order valence-corrected chi connectivity index (χ3v) is 11.9. The van der Waals surface area contributed by atoms with E-state index in [-0.39, 0.29) is 11.7 Å². The number of hydrogen-bond donors (Lipinski definition) is 2. The molecule has 4 aliphatic carbocycles. The lowest BCUT2D eigenvalue weighted by molar-refractivity contribution is -0.152. The Balaban J connectivity index is 1.46. The molecule has 0 unspecified atom stereocenters. The van der Waals surface area contributed by atoms with Crippen molar-refractivity contribution < 1.29 is 10.2 Å². The molecular weight excluding hydrogens is 380 g/mol. The molecule has 2 nitrogen and oxygen atoms in total. The Hall–Kier alpha value is -0.0800. The monoisotopic (exact) mass is 432 g/mol. The van der Waals surface area contributed by atoms with E-state index in [4.69, 9.17) is 0 Å². The van der Waals surface area contributed by atoms with Crippen LogP contribution in [0, 0.1) is 52.3 Å². The van der Waals surface area contributed by atoms with Crippen LogP contribution in [0.25, 0.3) is 0 Å². The number of aliphatic hydroxyl groups excluding tert-OH is 1. The van der Waals surface area contributed by atoms with Crippen molar-refractivity contribution in [1.29, 1.82) is 0 Å². The highest BCUT2D eigenvalue weighted by atomic mass is 16.3. The van der Waals surface area contributed by atoms with Crippen LogP contribution in [-0.4, -0.2) is 21.9 Å². The molecule has 0 heterocycles. The van der Waals surface area contributed by atoms with Crippen molar-refractivity contribution in [1.82, 2.24) is 0 Å². The molecule has 0 saturated heterocycles. The lowest BCUT2D eigenvalue weighted by Gasteiger charge is -2.62. The third kappa shape index (κ3) is 4.05. The highest BCUT2D eigenvalue weighted by Gasteiger charge is 2.61. The van der Waals surface area contributed by atoms with Gasteiger partial charge in [-0.15, -0.1) is 0 Å². The Kier molecular flexibility index (Phi) is 6.68. The van der Waals surface area contributed by atoms with Crippen LogP contribution in [-0.2, 0) is 0 Å². The van der Waals surface area contributed by atoms with Crippen molar-refractivity contribution in [2.45, 2.75) is 130 Å². The van der Waals surface area contributed by atoms with Crippen molar-refractivity contribution >= 4 is 0 Å². The summed E-state index contributed by atoms with van der Waals surface area (Å²) in [5, 5.41) is 21.4. The minimum absolute atomic E-state index is 0.133. The van der Waals surface area contributed by atoms with E-state index in [1.54, 1.807) is 0 Å². The molecule has 0 amide bonds. The van der Waals surface area contributed by atoms with Crippen molar-refractivity contribution in [2.75, 3.05) is 0 Å². The van der Waals surface area contributed by atoms with Crippen molar-refractivity contribution in [3.8, 4) is 0 Å². The standard InChI is InChI=1S/C29H52O2/c1-7-29(31)17-16-27(5)21(18-29)9-10-22-24-12-11-23(28(24,6)15-14-25(22)27)20(4)8-13-26(30)19(2)3/h19-26,30-31H,7-18H2,1-6H3/t20-,21+,22+,23-,24+,25+,26-,27+,28-,29+/m1/s1. The van der Waals surface area contributed by atoms with Crippen molar-refractivity contribution in [2.24, 2.45) is 52.3 Å². The van der Waals surface area contributed by atoms with Gasteiger partial charge in [0.2, 0.25) is 0 Å². The van der Waals surface area contributed by atoms with Crippen LogP contribution >= 0.6 is 0 Å². The average Bonchev–Trinajstić information content (AvgIpc) is 3.09. The molecule has 0 aliphatic heterocycles. The maximum atomic E-state index is 11.0. The largest absolute Gasteiger partial charge is 0.393 e. The molecular formula is C29H52O2. The summed E-state index contributed by atoms with van der Waals surface area (Å²) >= 11 is 0. The smallest absolute Gasteiger partial charge is 0.0648 e. The fraction of sp³-hybridized carbons (Fsp3) is 1.00. The van der Waals surface area contributed by atoms with Gasteiger partial charge in [0, 0.05) is 0 Å².